The Bertz CT molecular complexity index is 870. The number of aryl methyl sites for hydroxylation is 2. The number of benzene rings is 1. The summed E-state index contributed by atoms with van der Waals surface area (Å²) in [6.07, 6.45) is 0. The summed E-state index contributed by atoms with van der Waals surface area (Å²) in [5.41, 5.74) is 0.651. The number of ether oxygens (including phenoxy) is 2. The van der Waals surface area contributed by atoms with E-state index in [4.69, 9.17) is 18.3 Å². The molecule has 0 bridgehead atoms. The van der Waals surface area contributed by atoms with E-state index in [2.05, 4.69) is 0 Å². The van der Waals surface area contributed by atoms with Gasteiger partial charge in [0, 0.05) is 11.6 Å². The SMILES string of the molecule is Cc1ccc(C(c2ccc(C)o2)c2cc3c(cc2[NH+]([O-])O)OCO3)o1. The molecule has 0 fully saturated rings. The lowest BCUT2D eigenvalue weighted by Gasteiger charge is -2.20. The van der Waals surface area contributed by atoms with Gasteiger partial charge in [-0.05, 0) is 44.2 Å². The fourth-order valence-electron chi connectivity index (χ4n) is 3.05. The van der Waals surface area contributed by atoms with Crippen molar-refractivity contribution in [1.29, 1.82) is 0 Å². The first-order valence-corrected chi connectivity index (χ1v) is 7.82. The van der Waals surface area contributed by atoms with Crippen molar-refractivity contribution in [1.82, 2.24) is 0 Å². The molecule has 0 aliphatic carbocycles. The molecule has 1 aliphatic rings. The van der Waals surface area contributed by atoms with E-state index in [-0.39, 0.29) is 12.5 Å². The highest BCUT2D eigenvalue weighted by molar-refractivity contribution is 5.59. The fraction of sp³-hybridized carbons (Fsp3) is 0.222. The molecule has 1 atom stereocenters. The average Bonchev–Trinajstić information content (AvgIpc) is 3.28. The standard InChI is InChI=1S/C18H17NO6/c1-10-3-5-14(24-10)18(15-6-4-11(2)25-15)12-7-16-17(23-9-22-16)8-13(12)19(20)21/h3-8,18-20H,9H2,1-2H3. The number of quaternary nitrogens is 1. The zero-order valence-corrected chi connectivity index (χ0v) is 13.7. The molecule has 0 radical (unpaired) electrons. The van der Waals surface area contributed by atoms with Gasteiger partial charge in [0.15, 0.2) is 17.2 Å². The molecule has 2 N–H and O–H groups in total. The van der Waals surface area contributed by atoms with Crippen molar-refractivity contribution in [3.8, 4) is 11.5 Å². The smallest absolute Gasteiger partial charge is 0.231 e. The Morgan fingerprint density at radius 2 is 1.52 bits per heavy atom. The molecular formula is C18H17NO6. The summed E-state index contributed by atoms with van der Waals surface area (Å²) in [5.74, 6) is 3.12. The number of fused-ring (bicyclic) bond motifs is 1. The Morgan fingerprint density at radius 1 is 0.960 bits per heavy atom. The Balaban J connectivity index is 1.93. The highest BCUT2D eigenvalue weighted by Crippen LogP contribution is 2.43. The van der Waals surface area contributed by atoms with Crippen molar-refractivity contribution < 1.29 is 28.7 Å². The minimum Gasteiger partial charge on any atom is -0.595 e. The number of rotatable bonds is 4. The van der Waals surface area contributed by atoms with Crippen LogP contribution in [0.2, 0.25) is 0 Å². The second-order valence-electron chi connectivity index (χ2n) is 5.93. The highest BCUT2D eigenvalue weighted by Gasteiger charge is 2.31. The van der Waals surface area contributed by atoms with Crippen molar-refractivity contribution >= 4 is 5.69 Å². The van der Waals surface area contributed by atoms with Crippen LogP contribution in [0, 0.1) is 19.1 Å². The van der Waals surface area contributed by atoms with Gasteiger partial charge in [0.2, 0.25) is 6.79 Å². The van der Waals surface area contributed by atoms with Gasteiger partial charge in [0.05, 0.1) is 0 Å². The van der Waals surface area contributed by atoms with Crippen LogP contribution in [0.4, 0.5) is 5.69 Å². The van der Waals surface area contributed by atoms with E-state index in [1.54, 1.807) is 6.07 Å². The fourth-order valence-corrected chi connectivity index (χ4v) is 3.05. The van der Waals surface area contributed by atoms with Crippen molar-refractivity contribution in [3.63, 3.8) is 0 Å². The summed E-state index contributed by atoms with van der Waals surface area (Å²) in [6, 6.07) is 10.5. The number of nitrogens with one attached hydrogen (secondary N) is 1. The maximum atomic E-state index is 11.8. The van der Waals surface area contributed by atoms with Crippen LogP contribution >= 0.6 is 0 Å². The van der Waals surface area contributed by atoms with Gasteiger partial charge in [-0.1, -0.05) is 0 Å². The molecule has 7 nitrogen and oxygen atoms in total. The van der Waals surface area contributed by atoms with Crippen LogP contribution in [0.25, 0.3) is 0 Å². The van der Waals surface area contributed by atoms with Crippen LogP contribution in [-0.2, 0) is 0 Å². The summed E-state index contributed by atoms with van der Waals surface area (Å²) < 4.78 is 22.3. The summed E-state index contributed by atoms with van der Waals surface area (Å²) >= 11 is 0. The van der Waals surface area contributed by atoms with Crippen LogP contribution < -0.4 is 14.7 Å². The molecule has 7 heteroatoms. The second kappa shape index (κ2) is 5.96. The van der Waals surface area contributed by atoms with Crippen LogP contribution in [0.3, 0.4) is 0 Å². The molecule has 0 saturated heterocycles. The van der Waals surface area contributed by atoms with E-state index in [0.29, 0.717) is 28.6 Å². The van der Waals surface area contributed by atoms with Crippen LogP contribution in [0.15, 0.2) is 45.2 Å². The zero-order chi connectivity index (χ0) is 17.6. The summed E-state index contributed by atoms with van der Waals surface area (Å²) in [4.78, 5) is 0. The van der Waals surface area contributed by atoms with Crippen molar-refractivity contribution in [2.45, 2.75) is 19.8 Å². The Kier molecular flexibility index (Phi) is 3.76. The first-order chi connectivity index (χ1) is 12.0. The molecule has 130 valence electrons. The monoisotopic (exact) mass is 343 g/mol. The van der Waals surface area contributed by atoms with Crippen molar-refractivity contribution in [3.05, 3.63) is 70.2 Å². The predicted molar refractivity (Wildman–Crippen MR) is 86.2 cm³/mol. The van der Waals surface area contributed by atoms with Gasteiger partial charge in [-0.25, -0.2) is 5.21 Å². The quantitative estimate of drug-likeness (QED) is 0.708. The molecule has 3 aromatic rings. The van der Waals surface area contributed by atoms with E-state index in [1.807, 2.05) is 38.1 Å². The topological polar surface area (TPSA) is 92.5 Å². The van der Waals surface area contributed by atoms with Crippen molar-refractivity contribution in [2.75, 3.05) is 6.79 Å². The van der Waals surface area contributed by atoms with Gasteiger partial charge in [0.25, 0.3) is 0 Å². The lowest BCUT2D eigenvalue weighted by Crippen LogP contribution is -2.99. The van der Waals surface area contributed by atoms with Gasteiger partial charge < -0.3 is 23.5 Å². The average molecular weight is 343 g/mol. The third-order valence-corrected chi connectivity index (χ3v) is 4.18. The van der Waals surface area contributed by atoms with E-state index >= 15 is 0 Å². The van der Waals surface area contributed by atoms with E-state index < -0.39 is 11.1 Å². The van der Waals surface area contributed by atoms with Gasteiger partial charge >= 0.3 is 0 Å². The Labute approximate surface area is 143 Å². The number of hydrogen-bond donors (Lipinski definition) is 2. The molecule has 1 aliphatic heterocycles. The first kappa shape index (κ1) is 15.8. The Hall–Kier alpha value is -2.74. The first-order valence-electron chi connectivity index (χ1n) is 7.82. The molecular weight excluding hydrogens is 326 g/mol. The van der Waals surface area contributed by atoms with Crippen LogP contribution in [0.5, 0.6) is 11.5 Å². The van der Waals surface area contributed by atoms with Crippen LogP contribution in [-0.4, -0.2) is 12.0 Å². The van der Waals surface area contributed by atoms with Gasteiger partial charge in [-0.3, -0.25) is 0 Å². The second-order valence-corrected chi connectivity index (χ2v) is 5.93. The molecule has 25 heavy (non-hydrogen) atoms. The molecule has 1 aromatic carbocycles. The third kappa shape index (κ3) is 2.78. The largest absolute Gasteiger partial charge is 0.595 e. The van der Waals surface area contributed by atoms with E-state index in [0.717, 1.165) is 11.5 Å². The maximum Gasteiger partial charge on any atom is 0.231 e. The lowest BCUT2D eigenvalue weighted by molar-refractivity contribution is -0.991. The lowest BCUT2D eigenvalue weighted by atomic mass is 9.92. The predicted octanol–water partition coefficient (Wildman–Crippen LogP) is 2.80. The zero-order valence-electron chi connectivity index (χ0n) is 13.7. The van der Waals surface area contributed by atoms with E-state index in [1.165, 1.54) is 6.07 Å². The van der Waals surface area contributed by atoms with E-state index in [9.17, 15) is 10.4 Å². The minimum absolute atomic E-state index is 0.0717. The van der Waals surface area contributed by atoms with Gasteiger partial charge in [0.1, 0.15) is 29.0 Å². The molecule has 0 saturated carbocycles. The Morgan fingerprint density at radius 3 is 2.00 bits per heavy atom. The van der Waals surface area contributed by atoms with Gasteiger partial charge in [-0.2, -0.15) is 5.23 Å². The van der Waals surface area contributed by atoms with Gasteiger partial charge in [-0.15, -0.1) is 0 Å². The number of furan rings is 2. The molecule has 1 unspecified atom stereocenters. The summed E-state index contributed by atoms with van der Waals surface area (Å²) in [7, 11) is 0. The molecule has 3 heterocycles. The molecule has 0 spiro atoms. The molecule has 4 rings (SSSR count). The normalized spacial score (nSPS) is 14.3. The minimum atomic E-state index is -1.05. The third-order valence-electron chi connectivity index (χ3n) is 4.18. The summed E-state index contributed by atoms with van der Waals surface area (Å²) in [6.45, 7) is 3.75. The molecule has 2 aromatic heterocycles. The number of hydrogen-bond acceptors (Lipinski definition) is 6. The van der Waals surface area contributed by atoms with Crippen molar-refractivity contribution in [2.24, 2.45) is 0 Å². The maximum absolute atomic E-state index is 11.8. The summed E-state index contributed by atoms with van der Waals surface area (Å²) in [5, 5.41) is 20.5. The highest BCUT2D eigenvalue weighted by atomic mass is 16.8. The van der Waals surface area contributed by atoms with Crippen LogP contribution in [0.1, 0.15) is 34.5 Å². The molecule has 0 amide bonds.